The number of hydrogen-bond donors (Lipinski definition) is 1. The molecule has 3 aromatic carbocycles. The van der Waals surface area contributed by atoms with E-state index in [1.807, 2.05) is 67.6 Å². The van der Waals surface area contributed by atoms with Gasteiger partial charge in [-0.15, -0.1) is 0 Å². The van der Waals surface area contributed by atoms with E-state index in [2.05, 4.69) is 26.1 Å². The molecule has 0 aliphatic rings. The number of halogens is 2. The zero-order valence-corrected chi connectivity index (χ0v) is 23.3. The summed E-state index contributed by atoms with van der Waals surface area (Å²) in [6.07, 6.45) is 0. The minimum atomic E-state index is -0.343. The number of aromatic nitrogens is 2. The van der Waals surface area contributed by atoms with E-state index >= 15 is 0 Å². The lowest BCUT2D eigenvalue weighted by molar-refractivity contribution is -0.117. The average molecular weight is 550 g/mol. The van der Waals surface area contributed by atoms with Crippen molar-refractivity contribution in [2.45, 2.75) is 39.7 Å². The third-order valence-electron chi connectivity index (χ3n) is 6.09. The Bertz CT molecular complexity index is 1460. The molecule has 1 aromatic heterocycles. The van der Waals surface area contributed by atoms with Crippen LogP contribution in [0.3, 0.4) is 0 Å². The average Bonchev–Trinajstić information content (AvgIpc) is 3.30. The maximum absolute atomic E-state index is 13.5. The van der Waals surface area contributed by atoms with E-state index in [-0.39, 0.29) is 35.3 Å². The van der Waals surface area contributed by atoms with E-state index in [0.29, 0.717) is 16.4 Å². The van der Waals surface area contributed by atoms with E-state index in [1.54, 1.807) is 16.8 Å². The van der Waals surface area contributed by atoms with Crippen LogP contribution in [-0.4, -0.2) is 33.0 Å². The summed E-state index contributed by atoms with van der Waals surface area (Å²) in [5.41, 5.74) is 3.75. The Balaban J connectivity index is 1.64. The van der Waals surface area contributed by atoms with Gasteiger partial charge in [-0.2, -0.15) is 5.10 Å². The zero-order valence-electron chi connectivity index (χ0n) is 21.8. The third kappa shape index (κ3) is 6.44. The number of anilines is 1. The summed E-state index contributed by atoms with van der Waals surface area (Å²) in [6, 6.07) is 24.0. The number of rotatable bonds is 7. The summed E-state index contributed by atoms with van der Waals surface area (Å²) in [5, 5.41) is 8.43. The molecule has 4 rings (SSSR count). The molecule has 0 atom stereocenters. The van der Waals surface area contributed by atoms with Crippen LogP contribution in [-0.2, 0) is 16.8 Å². The molecule has 2 amide bonds. The van der Waals surface area contributed by atoms with E-state index in [9.17, 15) is 9.59 Å². The Morgan fingerprint density at radius 1 is 0.921 bits per heavy atom. The molecule has 0 aliphatic heterocycles. The van der Waals surface area contributed by atoms with Gasteiger partial charge in [0.15, 0.2) is 0 Å². The number of carbonyl (C=O) groups excluding carboxylic acids is 2. The molecule has 0 bridgehead atoms. The van der Waals surface area contributed by atoms with Gasteiger partial charge in [0, 0.05) is 23.6 Å². The van der Waals surface area contributed by atoms with Crippen LogP contribution in [0.15, 0.2) is 78.9 Å². The summed E-state index contributed by atoms with van der Waals surface area (Å²) < 4.78 is 1.75. The molecule has 1 N–H and O–H groups in total. The normalized spacial score (nSPS) is 11.3. The Hall–Kier alpha value is -3.61. The van der Waals surface area contributed by atoms with Gasteiger partial charge in [-0.05, 0) is 42.3 Å². The third-order valence-corrected chi connectivity index (χ3v) is 6.83. The minimum absolute atomic E-state index is 0.169. The molecular weight excluding hydrogens is 519 g/mol. The van der Waals surface area contributed by atoms with E-state index in [4.69, 9.17) is 28.3 Å². The maximum Gasteiger partial charge on any atom is 0.254 e. The molecule has 4 aromatic rings. The van der Waals surface area contributed by atoms with Crippen LogP contribution in [0, 0.1) is 6.92 Å². The van der Waals surface area contributed by atoms with Crippen LogP contribution in [0.4, 0.5) is 5.82 Å². The van der Waals surface area contributed by atoms with Gasteiger partial charge in [-0.3, -0.25) is 9.59 Å². The number of aryl methyl sites for hydroxylation is 1. The molecule has 0 unspecified atom stereocenters. The van der Waals surface area contributed by atoms with Gasteiger partial charge in [0.05, 0.1) is 21.4 Å². The van der Waals surface area contributed by atoms with Crippen molar-refractivity contribution in [1.82, 2.24) is 14.7 Å². The lowest BCUT2D eigenvalue weighted by Gasteiger charge is -2.23. The summed E-state index contributed by atoms with van der Waals surface area (Å²) in [7, 11) is 0. The molecule has 0 saturated heterocycles. The van der Waals surface area contributed by atoms with Gasteiger partial charge >= 0.3 is 0 Å². The molecular formula is C30H30Cl2N4O2. The second kappa shape index (κ2) is 11.4. The Labute approximate surface area is 233 Å². The van der Waals surface area contributed by atoms with Crippen molar-refractivity contribution in [3.8, 4) is 5.69 Å². The van der Waals surface area contributed by atoms with Crippen LogP contribution in [0.5, 0.6) is 0 Å². The van der Waals surface area contributed by atoms with Gasteiger partial charge in [-0.25, -0.2) is 4.68 Å². The highest BCUT2D eigenvalue weighted by molar-refractivity contribution is 6.42. The van der Waals surface area contributed by atoms with Crippen LogP contribution in [0.1, 0.15) is 48.0 Å². The van der Waals surface area contributed by atoms with Crippen molar-refractivity contribution in [1.29, 1.82) is 0 Å². The number of nitrogens with one attached hydrogen (secondary N) is 1. The first-order chi connectivity index (χ1) is 18.0. The summed E-state index contributed by atoms with van der Waals surface area (Å²) in [6.45, 7) is 8.29. The maximum atomic E-state index is 13.5. The predicted molar refractivity (Wildman–Crippen MR) is 153 cm³/mol. The first-order valence-electron chi connectivity index (χ1n) is 12.3. The number of benzene rings is 3. The van der Waals surface area contributed by atoms with Crippen LogP contribution in [0.25, 0.3) is 5.69 Å². The van der Waals surface area contributed by atoms with Gasteiger partial charge in [0.25, 0.3) is 5.91 Å². The summed E-state index contributed by atoms with van der Waals surface area (Å²) in [5.74, 6) is -0.134. The van der Waals surface area contributed by atoms with Gasteiger partial charge in [0.2, 0.25) is 5.91 Å². The second-order valence-corrected chi connectivity index (χ2v) is 11.0. The Morgan fingerprint density at radius 3 is 2.26 bits per heavy atom. The van der Waals surface area contributed by atoms with Gasteiger partial charge < -0.3 is 10.2 Å². The van der Waals surface area contributed by atoms with Crippen LogP contribution < -0.4 is 5.32 Å². The highest BCUT2D eigenvalue weighted by atomic mass is 35.5. The number of para-hydroxylation sites is 1. The molecule has 38 heavy (non-hydrogen) atoms. The molecule has 0 saturated carbocycles. The molecule has 6 nitrogen and oxygen atoms in total. The lowest BCUT2D eigenvalue weighted by Crippen LogP contribution is -2.37. The van der Waals surface area contributed by atoms with Crippen LogP contribution >= 0.6 is 23.2 Å². The van der Waals surface area contributed by atoms with Crippen molar-refractivity contribution >= 4 is 40.8 Å². The van der Waals surface area contributed by atoms with Crippen LogP contribution in [0.2, 0.25) is 10.0 Å². The van der Waals surface area contributed by atoms with E-state index in [0.717, 1.165) is 22.5 Å². The van der Waals surface area contributed by atoms with Gasteiger partial charge in [-0.1, -0.05) is 92.5 Å². The van der Waals surface area contributed by atoms with Gasteiger partial charge in [0.1, 0.15) is 12.4 Å². The minimum Gasteiger partial charge on any atom is -0.325 e. The standard InChI is InChI=1S/C30H30Cl2N4O2/c1-20-10-8-9-13-25(20)36-27(17-26(34-36)30(2,3)4)33-28(37)19-35(18-21-11-6-5-7-12-21)29(38)22-14-15-23(31)24(32)16-22/h5-17H,18-19H2,1-4H3,(H,33,37). The van der Waals surface area contributed by atoms with Crippen molar-refractivity contribution in [3.63, 3.8) is 0 Å². The largest absolute Gasteiger partial charge is 0.325 e. The molecule has 196 valence electrons. The first kappa shape index (κ1) is 27.4. The van der Waals surface area contributed by atoms with Crippen molar-refractivity contribution in [3.05, 3.63) is 111 Å². The molecule has 0 aliphatic carbocycles. The first-order valence-corrected chi connectivity index (χ1v) is 13.0. The van der Waals surface area contributed by atoms with Crippen molar-refractivity contribution < 1.29 is 9.59 Å². The van der Waals surface area contributed by atoms with Crippen molar-refractivity contribution in [2.24, 2.45) is 0 Å². The second-order valence-electron chi connectivity index (χ2n) is 10.2. The zero-order chi connectivity index (χ0) is 27.4. The number of hydrogen-bond acceptors (Lipinski definition) is 3. The number of carbonyl (C=O) groups is 2. The Morgan fingerprint density at radius 2 is 1.61 bits per heavy atom. The summed E-state index contributed by atoms with van der Waals surface area (Å²) in [4.78, 5) is 28.4. The quantitative estimate of drug-likeness (QED) is 0.268. The monoisotopic (exact) mass is 548 g/mol. The summed E-state index contributed by atoms with van der Waals surface area (Å²) >= 11 is 12.2. The van der Waals surface area contributed by atoms with E-state index < -0.39 is 0 Å². The molecule has 0 radical (unpaired) electrons. The molecule has 8 heteroatoms. The fourth-order valence-electron chi connectivity index (χ4n) is 3.99. The van der Waals surface area contributed by atoms with E-state index in [1.165, 1.54) is 11.0 Å². The fraction of sp³-hybridized carbons (Fsp3) is 0.233. The lowest BCUT2D eigenvalue weighted by atomic mass is 9.92. The SMILES string of the molecule is Cc1ccccc1-n1nc(C(C)(C)C)cc1NC(=O)CN(Cc1ccccc1)C(=O)c1ccc(Cl)c(Cl)c1. The smallest absolute Gasteiger partial charge is 0.254 e. The molecule has 1 heterocycles. The van der Waals surface area contributed by atoms with Crippen molar-refractivity contribution in [2.75, 3.05) is 11.9 Å². The predicted octanol–water partition coefficient (Wildman–Crippen LogP) is 7.07. The number of nitrogens with zero attached hydrogens (tertiary/aromatic N) is 3. The molecule has 0 fully saturated rings. The molecule has 0 spiro atoms. The highest BCUT2D eigenvalue weighted by Gasteiger charge is 2.24. The Kier molecular flexibility index (Phi) is 8.24. The highest BCUT2D eigenvalue weighted by Crippen LogP contribution is 2.28. The topological polar surface area (TPSA) is 67.2 Å². The number of amides is 2. The fourth-order valence-corrected chi connectivity index (χ4v) is 4.29.